The van der Waals surface area contributed by atoms with Crippen molar-refractivity contribution in [2.75, 3.05) is 13.1 Å². The fourth-order valence-corrected chi connectivity index (χ4v) is 4.20. The summed E-state index contributed by atoms with van der Waals surface area (Å²) in [5, 5.41) is 13.6. The number of hydrogen-bond acceptors (Lipinski definition) is 6. The van der Waals surface area contributed by atoms with Crippen molar-refractivity contribution in [3.8, 4) is 11.5 Å². The Morgan fingerprint density at radius 1 is 1.33 bits per heavy atom. The average molecular weight is 417 g/mol. The van der Waals surface area contributed by atoms with Crippen molar-refractivity contribution in [3.05, 3.63) is 36.0 Å². The lowest BCUT2D eigenvalue weighted by Gasteiger charge is -2.36. The molecule has 3 heterocycles. The molecule has 0 bridgehead atoms. The first-order valence-corrected chi connectivity index (χ1v) is 10.0. The Balaban J connectivity index is 1.28. The molecule has 1 saturated carbocycles. The van der Waals surface area contributed by atoms with Crippen LogP contribution in [0.4, 0.5) is 8.78 Å². The number of nitrogens with one attached hydrogen (secondary N) is 2. The molecule has 0 spiro atoms. The highest BCUT2D eigenvalue weighted by atomic mass is 19.1. The number of hydrogen-bond donors (Lipinski definition) is 2. The molecule has 2 saturated heterocycles. The van der Waals surface area contributed by atoms with Crippen LogP contribution in [-0.2, 0) is 16.0 Å². The quantitative estimate of drug-likeness (QED) is 0.752. The van der Waals surface area contributed by atoms with Crippen molar-refractivity contribution in [1.29, 1.82) is 0 Å². The number of aromatic nitrogens is 2. The van der Waals surface area contributed by atoms with Crippen LogP contribution in [0.3, 0.4) is 0 Å². The summed E-state index contributed by atoms with van der Waals surface area (Å²) in [4.78, 5) is 26.3. The second kappa shape index (κ2) is 7.12. The van der Waals surface area contributed by atoms with Crippen molar-refractivity contribution in [3.63, 3.8) is 0 Å². The lowest BCUT2D eigenvalue weighted by Crippen LogP contribution is -2.58. The Hall–Kier alpha value is -2.88. The van der Waals surface area contributed by atoms with Crippen LogP contribution >= 0.6 is 0 Å². The molecule has 158 valence electrons. The maximum absolute atomic E-state index is 14.0. The smallest absolute Gasteiger partial charge is 0.257 e. The zero-order chi connectivity index (χ0) is 20.9. The molecule has 1 aliphatic carbocycles. The highest BCUT2D eigenvalue weighted by Crippen LogP contribution is 2.40. The third-order valence-electron chi connectivity index (χ3n) is 6.04. The summed E-state index contributed by atoms with van der Waals surface area (Å²) in [6.07, 6.45) is 1.30. The van der Waals surface area contributed by atoms with Crippen LogP contribution in [0.25, 0.3) is 11.5 Å². The largest absolute Gasteiger partial charge is 0.421 e. The minimum atomic E-state index is -1.74. The number of alkyl halides is 1. The van der Waals surface area contributed by atoms with Gasteiger partial charge in [0.2, 0.25) is 11.8 Å². The third kappa shape index (κ3) is 3.45. The summed E-state index contributed by atoms with van der Waals surface area (Å²) in [5.74, 6) is -0.708. The summed E-state index contributed by atoms with van der Waals surface area (Å²) in [6, 6.07) is 5.33. The van der Waals surface area contributed by atoms with Gasteiger partial charge in [-0.3, -0.25) is 14.5 Å². The zero-order valence-electron chi connectivity index (χ0n) is 16.1. The maximum Gasteiger partial charge on any atom is 0.257 e. The molecule has 3 atom stereocenters. The second-order valence-corrected chi connectivity index (χ2v) is 8.17. The van der Waals surface area contributed by atoms with Crippen molar-refractivity contribution in [1.82, 2.24) is 25.7 Å². The number of fused-ring (bicyclic) bond motifs is 1. The van der Waals surface area contributed by atoms with Gasteiger partial charge < -0.3 is 15.1 Å². The van der Waals surface area contributed by atoms with Gasteiger partial charge in [-0.15, -0.1) is 10.2 Å². The van der Waals surface area contributed by atoms with Gasteiger partial charge in [-0.1, -0.05) is 12.1 Å². The SMILES string of the molecule is O=C1NC[C@@H](Cc2nnc(-c3ccccc3F)o2)N2C[C@@H](NC(=O)C3(F)CC3)C[C@@H]12. The molecule has 5 rings (SSSR count). The highest BCUT2D eigenvalue weighted by Gasteiger charge is 2.52. The van der Waals surface area contributed by atoms with Crippen molar-refractivity contribution in [2.45, 2.75) is 49.5 Å². The first-order valence-electron chi connectivity index (χ1n) is 10.0. The number of benzene rings is 1. The van der Waals surface area contributed by atoms with Gasteiger partial charge in [0.1, 0.15) is 5.82 Å². The van der Waals surface area contributed by atoms with Crippen molar-refractivity contribution in [2.24, 2.45) is 0 Å². The van der Waals surface area contributed by atoms with E-state index in [4.69, 9.17) is 4.42 Å². The monoisotopic (exact) mass is 417 g/mol. The van der Waals surface area contributed by atoms with E-state index in [1.165, 1.54) is 6.07 Å². The van der Waals surface area contributed by atoms with Gasteiger partial charge in [0.15, 0.2) is 5.67 Å². The average Bonchev–Trinajstić information content (AvgIpc) is 3.13. The number of piperazine rings is 1. The van der Waals surface area contributed by atoms with Crippen molar-refractivity contribution < 1.29 is 22.8 Å². The van der Waals surface area contributed by atoms with Crippen LogP contribution in [0, 0.1) is 5.82 Å². The summed E-state index contributed by atoms with van der Waals surface area (Å²) in [7, 11) is 0. The van der Waals surface area contributed by atoms with E-state index in [-0.39, 0.29) is 42.3 Å². The predicted molar refractivity (Wildman–Crippen MR) is 100 cm³/mol. The predicted octanol–water partition coefficient (Wildman–Crippen LogP) is 0.978. The Morgan fingerprint density at radius 2 is 2.13 bits per heavy atom. The summed E-state index contributed by atoms with van der Waals surface area (Å²) >= 11 is 0. The highest BCUT2D eigenvalue weighted by molar-refractivity contribution is 5.88. The Kier molecular flexibility index (Phi) is 4.53. The molecule has 2 aromatic rings. The van der Waals surface area contributed by atoms with Crippen LogP contribution in [-0.4, -0.2) is 63.8 Å². The number of amides is 2. The van der Waals surface area contributed by atoms with E-state index in [1.54, 1.807) is 18.2 Å². The standard InChI is InChI=1S/C20H21F2N5O3/c21-14-4-2-1-3-13(14)18-26-25-16(30-18)8-12-9-23-17(28)15-7-11(10-27(12)15)24-19(29)20(22)5-6-20/h1-4,11-12,15H,5-10H2,(H,23,28)(H,24,29)/t11-,12+,15-/m0/s1. The first-order chi connectivity index (χ1) is 14.4. The van der Waals surface area contributed by atoms with Crippen LogP contribution < -0.4 is 10.6 Å². The van der Waals surface area contributed by atoms with Gasteiger partial charge in [0.25, 0.3) is 11.8 Å². The number of halogens is 2. The van der Waals surface area contributed by atoms with Gasteiger partial charge in [-0.2, -0.15) is 0 Å². The lowest BCUT2D eigenvalue weighted by molar-refractivity contribution is -0.129. The minimum Gasteiger partial charge on any atom is -0.421 e. The molecular formula is C20H21F2N5O3. The molecule has 8 nitrogen and oxygen atoms in total. The summed E-state index contributed by atoms with van der Waals surface area (Å²) in [5.41, 5.74) is -1.51. The molecule has 0 radical (unpaired) electrons. The first kappa shape index (κ1) is 19.1. The number of carbonyl (C=O) groups excluding carboxylic acids is 2. The topological polar surface area (TPSA) is 100 Å². The molecule has 30 heavy (non-hydrogen) atoms. The Morgan fingerprint density at radius 3 is 2.90 bits per heavy atom. The number of carbonyl (C=O) groups is 2. The molecular weight excluding hydrogens is 396 g/mol. The van der Waals surface area contributed by atoms with Gasteiger partial charge in [0, 0.05) is 31.6 Å². The molecule has 3 aliphatic rings. The van der Waals surface area contributed by atoms with Crippen LogP contribution in [0.15, 0.2) is 28.7 Å². The Labute approximate surface area is 171 Å². The fourth-order valence-electron chi connectivity index (χ4n) is 4.20. The molecule has 2 N–H and O–H groups in total. The normalized spacial score (nSPS) is 27.4. The van der Waals surface area contributed by atoms with Gasteiger partial charge in [-0.05, 0) is 31.4 Å². The van der Waals surface area contributed by atoms with E-state index in [2.05, 4.69) is 20.8 Å². The van der Waals surface area contributed by atoms with Gasteiger partial charge >= 0.3 is 0 Å². The fraction of sp³-hybridized carbons (Fsp3) is 0.500. The zero-order valence-corrected chi connectivity index (χ0v) is 16.1. The van der Waals surface area contributed by atoms with Crippen LogP contribution in [0.2, 0.25) is 0 Å². The minimum absolute atomic E-state index is 0.101. The van der Waals surface area contributed by atoms with E-state index in [1.807, 2.05) is 4.90 Å². The maximum atomic E-state index is 14.0. The van der Waals surface area contributed by atoms with Gasteiger partial charge in [0.05, 0.1) is 11.6 Å². The van der Waals surface area contributed by atoms with E-state index in [9.17, 15) is 18.4 Å². The van der Waals surface area contributed by atoms with Crippen LogP contribution in [0.1, 0.15) is 25.2 Å². The van der Waals surface area contributed by atoms with Crippen LogP contribution in [0.5, 0.6) is 0 Å². The number of nitrogens with zero attached hydrogens (tertiary/aromatic N) is 3. The van der Waals surface area contributed by atoms with E-state index in [0.717, 1.165) is 0 Å². The second-order valence-electron chi connectivity index (χ2n) is 8.17. The van der Waals surface area contributed by atoms with E-state index in [0.29, 0.717) is 31.8 Å². The van der Waals surface area contributed by atoms with E-state index >= 15 is 0 Å². The molecule has 3 fully saturated rings. The molecule has 2 amide bonds. The Bertz CT molecular complexity index is 992. The molecule has 10 heteroatoms. The molecule has 1 aromatic carbocycles. The van der Waals surface area contributed by atoms with E-state index < -0.39 is 23.4 Å². The van der Waals surface area contributed by atoms with Crippen molar-refractivity contribution >= 4 is 11.8 Å². The summed E-state index contributed by atoms with van der Waals surface area (Å²) < 4.78 is 33.6. The molecule has 0 unspecified atom stereocenters. The summed E-state index contributed by atoms with van der Waals surface area (Å²) in [6.45, 7) is 0.833. The number of rotatable bonds is 5. The molecule has 1 aromatic heterocycles. The van der Waals surface area contributed by atoms with Gasteiger partial charge in [-0.25, -0.2) is 8.78 Å². The lowest BCUT2D eigenvalue weighted by atomic mass is 10.1. The third-order valence-corrected chi connectivity index (χ3v) is 6.04. The molecule has 2 aliphatic heterocycles.